The van der Waals surface area contributed by atoms with Crippen molar-refractivity contribution in [3.05, 3.63) is 12.3 Å². The molecule has 0 rings (SSSR count). The molecule has 0 unspecified atom stereocenters. The Balaban J connectivity index is 0. The molecule has 0 heterocycles. The minimum absolute atomic E-state index is 0. The first-order valence-electron chi connectivity index (χ1n) is 2.59. The van der Waals surface area contributed by atoms with Gasteiger partial charge in [0.25, 0.3) is 0 Å². The molecule has 0 aromatic carbocycles. The molecule has 0 aromatic rings. The van der Waals surface area contributed by atoms with Crippen molar-refractivity contribution in [2.45, 2.75) is 20.3 Å². The van der Waals surface area contributed by atoms with Crippen LogP contribution in [0.5, 0.6) is 0 Å². The molecule has 0 fully saturated rings. The van der Waals surface area contributed by atoms with Crippen molar-refractivity contribution in [2.75, 3.05) is 0 Å². The number of carbonyl (C=O) groups excluding carboxylic acids is 1. The van der Waals surface area contributed by atoms with E-state index in [1.54, 1.807) is 6.08 Å². The van der Waals surface area contributed by atoms with Crippen molar-refractivity contribution in [2.24, 2.45) is 0 Å². The second-order valence-electron chi connectivity index (χ2n) is 1.39. The highest BCUT2D eigenvalue weighted by molar-refractivity contribution is 5.66. The first-order valence-corrected chi connectivity index (χ1v) is 2.59. The molecule has 0 radical (unpaired) electrons. The zero-order chi connectivity index (χ0) is 6.41. The van der Waals surface area contributed by atoms with Crippen molar-refractivity contribution >= 4 is 5.97 Å². The predicted octanol–water partition coefficient (Wildman–Crippen LogP) is 1.63. The lowest BCUT2D eigenvalue weighted by molar-refractivity contribution is -0.135. The van der Waals surface area contributed by atoms with Crippen LogP contribution >= 0.6 is 0 Å². The average Bonchev–Trinajstić information content (AvgIpc) is 1.66. The number of rotatable bonds is 2. The number of hydrogen-bond donors (Lipinski definition) is 0. The second kappa shape index (κ2) is 7.14. The summed E-state index contributed by atoms with van der Waals surface area (Å²) in [6.45, 7) is 3.35. The summed E-state index contributed by atoms with van der Waals surface area (Å²) in [5.74, 6) is -0.269. The van der Waals surface area contributed by atoms with Gasteiger partial charge < -0.3 is 4.74 Å². The Morgan fingerprint density at radius 2 is 2.22 bits per heavy atom. The van der Waals surface area contributed by atoms with Gasteiger partial charge in [-0.15, -0.1) is 0 Å². The highest BCUT2D eigenvalue weighted by Gasteiger charge is 1.81. The number of ether oxygens (including phenoxy) is 1. The Morgan fingerprint density at radius 1 is 1.67 bits per heavy atom. The lowest BCUT2D eigenvalue weighted by Crippen LogP contribution is -1.88. The normalized spacial score (nSPS) is 8.67. The van der Waals surface area contributed by atoms with Crippen molar-refractivity contribution in [3.8, 4) is 0 Å². The molecule has 9 heavy (non-hydrogen) atoms. The van der Waals surface area contributed by atoms with Gasteiger partial charge in [0.1, 0.15) is 0 Å². The molecule has 0 saturated carbocycles. The maximum absolute atomic E-state index is 10.0. The Morgan fingerprint density at radius 3 is 2.56 bits per heavy atom. The maximum atomic E-state index is 10.0. The highest BCUT2D eigenvalue weighted by Crippen LogP contribution is 1.81. The van der Waals surface area contributed by atoms with Gasteiger partial charge in [0, 0.05) is 6.92 Å². The van der Waals surface area contributed by atoms with Crippen molar-refractivity contribution in [3.63, 3.8) is 0 Å². The topological polar surface area (TPSA) is 26.3 Å². The van der Waals surface area contributed by atoms with Crippen LogP contribution in [0.2, 0.25) is 0 Å². The minimum atomic E-state index is -0.269. The van der Waals surface area contributed by atoms with Gasteiger partial charge in [-0.3, -0.25) is 9.50 Å². The number of esters is 1. The van der Waals surface area contributed by atoms with Crippen LogP contribution in [0.15, 0.2) is 12.3 Å². The molecule has 2 nitrogen and oxygen atoms in total. The van der Waals surface area contributed by atoms with Gasteiger partial charge in [0.2, 0.25) is 0 Å². The van der Waals surface area contributed by atoms with E-state index in [2.05, 4.69) is 4.74 Å². The van der Waals surface area contributed by atoms with E-state index in [4.69, 9.17) is 0 Å². The van der Waals surface area contributed by atoms with Crippen LogP contribution in [-0.2, 0) is 9.53 Å². The van der Waals surface area contributed by atoms with E-state index in [1.807, 2.05) is 6.92 Å². The van der Waals surface area contributed by atoms with E-state index in [1.165, 1.54) is 13.2 Å². The molecule has 0 aliphatic carbocycles. The third-order valence-electron chi connectivity index (χ3n) is 0.566. The Labute approximate surface area is 53.9 Å². The third kappa shape index (κ3) is 11.0. The van der Waals surface area contributed by atoms with Gasteiger partial charge >= 0.3 is 5.97 Å². The SMILES string of the molecule is CCC=COC(C)=O.F. The molecule has 0 saturated heterocycles. The molecule has 0 bridgehead atoms. The molecule has 54 valence electrons. The van der Waals surface area contributed by atoms with Crippen molar-refractivity contribution in [1.29, 1.82) is 0 Å². The molecule has 0 N–H and O–H groups in total. The van der Waals surface area contributed by atoms with Gasteiger partial charge in [-0.2, -0.15) is 0 Å². The van der Waals surface area contributed by atoms with Gasteiger partial charge in [-0.05, 0) is 12.5 Å². The lowest BCUT2D eigenvalue weighted by Gasteiger charge is -1.86. The molecule has 0 aliphatic rings. The standard InChI is InChI=1S/C6H10O2.FH/c1-3-4-5-8-6(2)7;/h4-5H,3H2,1-2H3;1H. The summed E-state index contributed by atoms with van der Waals surface area (Å²) < 4.78 is 4.46. The first kappa shape index (κ1) is 11.0. The van der Waals surface area contributed by atoms with Gasteiger partial charge in [-0.25, -0.2) is 0 Å². The van der Waals surface area contributed by atoms with E-state index in [0.29, 0.717) is 0 Å². The second-order valence-corrected chi connectivity index (χ2v) is 1.39. The fourth-order valence-corrected chi connectivity index (χ4v) is 0.240. The quantitative estimate of drug-likeness (QED) is 0.423. The van der Waals surface area contributed by atoms with E-state index in [-0.39, 0.29) is 10.7 Å². The van der Waals surface area contributed by atoms with Crippen LogP contribution in [-0.4, -0.2) is 5.97 Å². The molecule has 0 spiro atoms. The summed E-state index contributed by atoms with van der Waals surface area (Å²) in [5.41, 5.74) is 0. The average molecular weight is 134 g/mol. The molecule has 0 amide bonds. The summed E-state index contributed by atoms with van der Waals surface area (Å²) in [6.07, 6.45) is 4.08. The van der Waals surface area contributed by atoms with Crippen LogP contribution in [0.1, 0.15) is 20.3 Å². The highest BCUT2D eigenvalue weighted by atomic mass is 19.0. The molecule has 3 heteroatoms. The Bertz CT molecular complexity index is 99.2. The zero-order valence-corrected chi connectivity index (χ0v) is 5.59. The molecular weight excluding hydrogens is 123 g/mol. The number of hydrogen-bond acceptors (Lipinski definition) is 2. The van der Waals surface area contributed by atoms with Crippen LogP contribution in [0.4, 0.5) is 4.70 Å². The summed E-state index contributed by atoms with van der Waals surface area (Å²) >= 11 is 0. The van der Waals surface area contributed by atoms with Crippen LogP contribution in [0, 0.1) is 0 Å². The van der Waals surface area contributed by atoms with Crippen LogP contribution in [0.25, 0.3) is 0 Å². The maximum Gasteiger partial charge on any atom is 0.307 e. The minimum Gasteiger partial charge on any atom is -0.435 e. The molecule has 0 aliphatic heterocycles. The van der Waals surface area contributed by atoms with Gasteiger partial charge in [0.15, 0.2) is 0 Å². The lowest BCUT2D eigenvalue weighted by atomic mass is 10.5. The van der Waals surface area contributed by atoms with Crippen molar-refractivity contribution in [1.82, 2.24) is 0 Å². The van der Waals surface area contributed by atoms with Gasteiger partial charge in [-0.1, -0.05) is 6.92 Å². The molecular formula is C6H11FO2. The van der Waals surface area contributed by atoms with E-state index < -0.39 is 0 Å². The van der Waals surface area contributed by atoms with Crippen LogP contribution in [0.3, 0.4) is 0 Å². The largest absolute Gasteiger partial charge is 0.435 e. The van der Waals surface area contributed by atoms with E-state index >= 15 is 0 Å². The summed E-state index contributed by atoms with van der Waals surface area (Å²) in [5, 5.41) is 0. The zero-order valence-electron chi connectivity index (χ0n) is 5.59. The predicted molar refractivity (Wildman–Crippen MR) is 33.7 cm³/mol. The Kier molecular flexibility index (Phi) is 8.73. The van der Waals surface area contributed by atoms with Crippen LogP contribution < -0.4 is 0 Å². The van der Waals surface area contributed by atoms with E-state index in [9.17, 15) is 4.79 Å². The third-order valence-corrected chi connectivity index (χ3v) is 0.566. The number of allylic oxidation sites excluding steroid dienone is 1. The van der Waals surface area contributed by atoms with Gasteiger partial charge in [0.05, 0.1) is 6.26 Å². The Hall–Kier alpha value is -0.860. The first-order chi connectivity index (χ1) is 3.77. The smallest absolute Gasteiger partial charge is 0.307 e. The fraction of sp³-hybridized carbons (Fsp3) is 0.500. The monoisotopic (exact) mass is 134 g/mol. The van der Waals surface area contributed by atoms with E-state index in [0.717, 1.165) is 6.42 Å². The van der Waals surface area contributed by atoms with Crippen molar-refractivity contribution < 1.29 is 14.2 Å². The molecule has 0 atom stereocenters. The summed E-state index contributed by atoms with van der Waals surface area (Å²) in [7, 11) is 0. The fourth-order valence-electron chi connectivity index (χ4n) is 0.240. The molecule has 0 aromatic heterocycles. The number of halogens is 1. The summed E-state index contributed by atoms with van der Waals surface area (Å²) in [4.78, 5) is 10.0. The summed E-state index contributed by atoms with van der Waals surface area (Å²) in [6, 6.07) is 0. The number of carbonyl (C=O) groups is 1.